The van der Waals surface area contributed by atoms with Crippen LogP contribution < -0.4 is 14.8 Å². The van der Waals surface area contributed by atoms with Gasteiger partial charge >= 0.3 is 0 Å². The smallest absolute Gasteiger partial charge is 0.165 e. The Bertz CT molecular complexity index is 403. The van der Waals surface area contributed by atoms with E-state index in [1.807, 2.05) is 12.1 Å². The Balaban J connectivity index is 2.24. The zero-order valence-corrected chi connectivity index (χ0v) is 12.5. The van der Waals surface area contributed by atoms with E-state index in [-0.39, 0.29) is 0 Å². The highest BCUT2D eigenvalue weighted by atomic mass is 79.9. The number of halogens is 1. The summed E-state index contributed by atoms with van der Waals surface area (Å²) in [6.07, 6.45) is 3.56. The summed E-state index contributed by atoms with van der Waals surface area (Å²) in [6, 6.07) is 3.97. The molecule has 0 saturated carbocycles. The van der Waals surface area contributed by atoms with E-state index in [0.29, 0.717) is 5.92 Å². The number of hydrogen-bond acceptors (Lipinski definition) is 3. The fourth-order valence-corrected chi connectivity index (χ4v) is 3.02. The van der Waals surface area contributed by atoms with Crippen LogP contribution in [0.25, 0.3) is 0 Å². The molecule has 0 bridgehead atoms. The Hall–Kier alpha value is -0.740. The number of rotatable bonds is 4. The minimum absolute atomic E-state index is 0.677. The lowest BCUT2D eigenvalue weighted by Gasteiger charge is -2.24. The Morgan fingerprint density at radius 2 is 2.17 bits per heavy atom. The maximum atomic E-state index is 5.51. The number of methoxy groups -OCH3 is 2. The molecule has 0 radical (unpaired) electrons. The molecule has 0 aromatic heterocycles. The van der Waals surface area contributed by atoms with Gasteiger partial charge in [-0.2, -0.15) is 0 Å². The van der Waals surface area contributed by atoms with Crippen molar-refractivity contribution in [3.8, 4) is 11.5 Å². The van der Waals surface area contributed by atoms with Gasteiger partial charge < -0.3 is 14.8 Å². The lowest BCUT2D eigenvalue weighted by molar-refractivity contribution is 0.340. The number of nitrogens with one attached hydrogen (secondary N) is 1. The van der Waals surface area contributed by atoms with Crippen LogP contribution in [0.15, 0.2) is 16.6 Å². The largest absolute Gasteiger partial charge is 0.493 e. The molecule has 3 nitrogen and oxygen atoms in total. The first-order valence-electron chi connectivity index (χ1n) is 6.36. The van der Waals surface area contributed by atoms with E-state index in [9.17, 15) is 0 Å². The second-order valence-electron chi connectivity index (χ2n) is 4.68. The van der Waals surface area contributed by atoms with Crippen LogP contribution in [-0.4, -0.2) is 27.3 Å². The van der Waals surface area contributed by atoms with Crippen LogP contribution in [0.4, 0.5) is 0 Å². The first-order chi connectivity index (χ1) is 8.76. The molecule has 1 saturated heterocycles. The van der Waals surface area contributed by atoms with E-state index in [0.717, 1.165) is 35.5 Å². The summed E-state index contributed by atoms with van der Waals surface area (Å²) < 4.78 is 12.0. The highest BCUT2D eigenvalue weighted by Crippen LogP contribution is 2.38. The van der Waals surface area contributed by atoms with E-state index in [2.05, 4.69) is 21.2 Å². The third-order valence-corrected chi connectivity index (χ3v) is 4.23. The lowest BCUT2D eigenvalue weighted by Crippen LogP contribution is -2.31. The molecule has 0 aliphatic carbocycles. The van der Waals surface area contributed by atoms with E-state index in [4.69, 9.17) is 9.47 Å². The van der Waals surface area contributed by atoms with Gasteiger partial charge in [0.2, 0.25) is 0 Å². The van der Waals surface area contributed by atoms with Gasteiger partial charge in [-0.25, -0.2) is 0 Å². The second kappa shape index (κ2) is 6.43. The fraction of sp³-hybridized carbons (Fsp3) is 0.571. The molecule has 100 valence electrons. The molecule has 1 heterocycles. The van der Waals surface area contributed by atoms with Crippen LogP contribution in [0.2, 0.25) is 0 Å². The van der Waals surface area contributed by atoms with Crippen molar-refractivity contribution >= 4 is 15.9 Å². The lowest BCUT2D eigenvalue weighted by atomic mass is 9.92. The molecule has 1 fully saturated rings. The Kier molecular flexibility index (Phi) is 4.89. The molecule has 0 amide bonds. The van der Waals surface area contributed by atoms with Crippen molar-refractivity contribution in [3.05, 3.63) is 22.2 Å². The van der Waals surface area contributed by atoms with Crippen molar-refractivity contribution in [2.45, 2.75) is 19.3 Å². The Labute approximate surface area is 117 Å². The van der Waals surface area contributed by atoms with E-state index in [1.165, 1.54) is 18.4 Å². The Morgan fingerprint density at radius 3 is 2.78 bits per heavy atom. The van der Waals surface area contributed by atoms with E-state index in [1.54, 1.807) is 14.2 Å². The fourth-order valence-electron chi connectivity index (χ4n) is 2.54. The predicted octanol–water partition coefficient (Wildman–Crippen LogP) is 3.01. The molecule has 4 heteroatoms. The van der Waals surface area contributed by atoms with Gasteiger partial charge in [-0.15, -0.1) is 0 Å². The topological polar surface area (TPSA) is 30.5 Å². The van der Waals surface area contributed by atoms with Crippen LogP contribution in [-0.2, 0) is 6.42 Å². The van der Waals surface area contributed by atoms with Gasteiger partial charge in [-0.1, -0.05) is 15.9 Å². The van der Waals surface area contributed by atoms with Crippen molar-refractivity contribution in [2.75, 3.05) is 27.3 Å². The SMILES string of the molecule is COc1ccc(Br)c(CC2CCCNC2)c1OC. The molecular formula is C14H20BrNO2. The van der Waals surface area contributed by atoms with Crippen LogP contribution in [0.3, 0.4) is 0 Å². The summed E-state index contributed by atoms with van der Waals surface area (Å²) in [5, 5.41) is 3.45. The van der Waals surface area contributed by atoms with Gasteiger partial charge in [0.05, 0.1) is 14.2 Å². The maximum absolute atomic E-state index is 5.51. The molecule has 1 N–H and O–H groups in total. The van der Waals surface area contributed by atoms with Crippen LogP contribution in [0.5, 0.6) is 11.5 Å². The molecular weight excluding hydrogens is 294 g/mol. The summed E-state index contributed by atoms with van der Waals surface area (Å²) in [6.45, 7) is 2.24. The molecule has 1 atom stereocenters. The van der Waals surface area contributed by atoms with Crippen molar-refractivity contribution in [1.29, 1.82) is 0 Å². The molecule has 1 aromatic rings. The second-order valence-corrected chi connectivity index (χ2v) is 5.53. The van der Waals surface area contributed by atoms with Gasteiger partial charge in [0.1, 0.15) is 0 Å². The number of piperidine rings is 1. The average molecular weight is 314 g/mol. The quantitative estimate of drug-likeness (QED) is 0.927. The highest BCUT2D eigenvalue weighted by Gasteiger charge is 2.19. The van der Waals surface area contributed by atoms with Crippen molar-refractivity contribution < 1.29 is 9.47 Å². The third-order valence-electron chi connectivity index (χ3n) is 3.48. The summed E-state index contributed by atoms with van der Waals surface area (Å²) in [4.78, 5) is 0. The van der Waals surface area contributed by atoms with Crippen LogP contribution in [0, 0.1) is 5.92 Å². The van der Waals surface area contributed by atoms with Crippen molar-refractivity contribution in [2.24, 2.45) is 5.92 Å². The first-order valence-corrected chi connectivity index (χ1v) is 7.15. The minimum Gasteiger partial charge on any atom is -0.493 e. The zero-order valence-electron chi connectivity index (χ0n) is 11.0. The summed E-state index contributed by atoms with van der Waals surface area (Å²) in [5.74, 6) is 2.34. The van der Waals surface area contributed by atoms with Gasteiger partial charge in [0, 0.05) is 10.0 Å². The molecule has 1 unspecified atom stereocenters. The normalized spacial score (nSPS) is 19.6. The minimum atomic E-state index is 0.677. The monoisotopic (exact) mass is 313 g/mol. The van der Waals surface area contributed by atoms with E-state index < -0.39 is 0 Å². The van der Waals surface area contributed by atoms with Crippen molar-refractivity contribution in [3.63, 3.8) is 0 Å². The average Bonchev–Trinajstić information content (AvgIpc) is 2.42. The molecule has 1 aliphatic rings. The van der Waals surface area contributed by atoms with E-state index >= 15 is 0 Å². The zero-order chi connectivity index (χ0) is 13.0. The van der Waals surface area contributed by atoms with Gasteiger partial charge in [0.25, 0.3) is 0 Å². The number of benzene rings is 1. The molecule has 2 rings (SSSR count). The van der Waals surface area contributed by atoms with Crippen LogP contribution >= 0.6 is 15.9 Å². The summed E-state index contributed by atoms with van der Waals surface area (Å²) in [7, 11) is 3.38. The third kappa shape index (κ3) is 2.98. The van der Waals surface area contributed by atoms with Gasteiger partial charge in [-0.3, -0.25) is 0 Å². The number of ether oxygens (including phenoxy) is 2. The van der Waals surface area contributed by atoms with Crippen molar-refractivity contribution in [1.82, 2.24) is 5.32 Å². The van der Waals surface area contributed by atoms with Crippen LogP contribution in [0.1, 0.15) is 18.4 Å². The molecule has 0 spiro atoms. The maximum Gasteiger partial charge on any atom is 0.165 e. The Morgan fingerprint density at radius 1 is 1.33 bits per heavy atom. The molecule has 18 heavy (non-hydrogen) atoms. The van der Waals surface area contributed by atoms with Gasteiger partial charge in [0.15, 0.2) is 11.5 Å². The summed E-state index contributed by atoms with van der Waals surface area (Å²) in [5.41, 5.74) is 1.21. The summed E-state index contributed by atoms with van der Waals surface area (Å²) >= 11 is 3.62. The molecule has 1 aliphatic heterocycles. The first kappa shape index (κ1) is 13.7. The standard InChI is InChI=1S/C14H20BrNO2/c1-17-13-6-5-12(15)11(14(13)18-2)8-10-4-3-7-16-9-10/h5-6,10,16H,3-4,7-9H2,1-2H3. The molecule has 1 aromatic carbocycles. The predicted molar refractivity (Wildman–Crippen MR) is 76.5 cm³/mol. The number of hydrogen-bond donors (Lipinski definition) is 1. The highest BCUT2D eigenvalue weighted by molar-refractivity contribution is 9.10. The van der Waals surface area contributed by atoms with Gasteiger partial charge in [-0.05, 0) is 50.4 Å².